The van der Waals surface area contributed by atoms with Crippen molar-refractivity contribution in [1.29, 1.82) is 0 Å². The fourth-order valence-corrected chi connectivity index (χ4v) is 2.46. The first-order valence-corrected chi connectivity index (χ1v) is 7.53. The minimum absolute atomic E-state index is 0.0496. The Kier molecular flexibility index (Phi) is 5.37. The van der Waals surface area contributed by atoms with Crippen LogP contribution in [0.4, 0.5) is 0 Å². The second-order valence-electron chi connectivity index (χ2n) is 5.86. The fraction of sp³-hybridized carbons (Fsp3) is 0.368. The van der Waals surface area contributed by atoms with Gasteiger partial charge in [-0.15, -0.1) is 0 Å². The summed E-state index contributed by atoms with van der Waals surface area (Å²) in [6.07, 6.45) is 3.63. The molecule has 0 spiro atoms. The van der Waals surface area contributed by atoms with Crippen molar-refractivity contribution in [2.24, 2.45) is 0 Å². The molecule has 0 heterocycles. The predicted octanol–water partition coefficient (Wildman–Crippen LogP) is 4.53. The number of rotatable bonds is 7. The molecule has 0 amide bonds. The first-order chi connectivity index (χ1) is 9.68. The van der Waals surface area contributed by atoms with Crippen molar-refractivity contribution in [3.05, 3.63) is 71.8 Å². The zero-order valence-electron chi connectivity index (χ0n) is 12.6. The molecular weight excluding hydrogens is 242 g/mol. The molecule has 1 nitrogen and oxygen atoms in total. The lowest BCUT2D eigenvalue weighted by Crippen LogP contribution is -2.37. The molecule has 0 aliphatic carbocycles. The molecule has 1 heteroatoms. The Morgan fingerprint density at radius 2 is 1.40 bits per heavy atom. The smallest absolute Gasteiger partial charge is 0.0377 e. The highest BCUT2D eigenvalue weighted by molar-refractivity contribution is 5.22. The number of nitrogens with one attached hydrogen (secondary N) is 1. The van der Waals surface area contributed by atoms with Crippen LogP contribution in [-0.4, -0.2) is 6.54 Å². The fourth-order valence-electron chi connectivity index (χ4n) is 2.46. The van der Waals surface area contributed by atoms with E-state index in [0.29, 0.717) is 0 Å². The lowest BCUT2D eigenvalue weighted by molar-refractivity contribution is 0.397. The van der Waals surface area contributed by atoms with Crippen LogP contribution in [0.3, 0.4) is 0 Å². The Morgan fingerprint density at radius 1 is 0.800 bits per heavy atom. The van der Waals surface area contributed by atoms with Gasteiger partial charge in [0.05, 0.1) is 0 Å². The van der Waals surface area contributed by atoms with Gasteiger partial charge in [0, 0.05) is 5.54 Å². The minimum atomic E-state index is 0.0496. The van der Waals surface area contributed by atoms with Gasteiger partial charge in [0.2, 0.25) is 0 Å². The van der Waals surface area contributed by atoms with Gasteiger partial charge in [-0.05, 0) is 50.8 Å². The maximum atomic E-state index is 3.66. The summed E-state index contributed by atoms with van der Waals surface area (Å²) >= 11 is 0. The van der Waals surface area contributed by atoms with E-state index in [1.54, 1.807) is 0 Å². The summed E-state index contributed by atoms with van der Waals surface area (Å²) in [5.74, 6) is 0. The van der Waals surface area contributed by atoms with Crippen molar-refractivity contribution in [1.82, 2.24) is 5.32 Å². The molecule has 0 atom stereocenters. The van der Waals surface area contributed by atoms with Gasteiger partial charge in [0.25, 0.3) is 0 Å². The molecule has 0 aliphatic rings. The quantitative estimate of drug-likeness (QED) is 0.727. The summed E-state index contributed by atoms with van der Waals surface area (Å²) in [6, 6.07) is 21.4. The number of benzene rings is 2. The van der Waals surface area contributed by atoms with Gasteiger partial charge < -0.3 is 5.32 Å². The summed E-state index contributed by atoms with van der Waals surface area (Å²) in [4.78, 5) is 0. The van der Waals surface area contributed by atoms with Crippen molar-refractivity contribution in [3.63, 3.8) is 0 Å². The van der Waals surface area contributed by atoms with Gasteiger partial charge >= 0.3 is 0 Å². The highest BCUT2D eigenvalue weighted by Crippen LogP contribution is 2.19. The van der Waals surface area contributed by atoms with Crippen LogP contribution in [0, 0.1) is 0 Å². The molecule has 0 aromatic heterocycles. The van der Waals surface area contributed by atoms with Crippen molar-refractivity contribution >= 4 is 0 Å². The third-order valence-corrected chi connectivity index (χ3v) is 3.80. The highest BCUT2D eigenvalue weighted by atomic mass is 14.9. The standard InChI is InChI=1S/C19H25N/c1-19(2,18-14-7-4-8-15-18)20-16-10-9-13-17-11-5-3-6-12-17/h3-8,11-12,14-15,20H,9-10,13,16H2,1-2H3. The van der Waals surface area contributed by atoms with Crippen LogP contribution in [0.1, 0.15) is 37.8 Å². The van der Waals surface area contributed by atoms with Crippen LogP contribution in [0.25, 0.3) is 0 Å². The van der Waals surface area contributed by atoms with E-state index >= 15 is 0 Å². The number of unbranched alkanes of at least 4 members (excludes halogenated alkanes) is 1. The first kappa shape index (κ1) is 14.8. The summed E-state index contributed by atoms with van der Waals surface area (Å²) in [5, 5.41) is 3.66. The Balaban J connectivity index is 1.70. The molecule has 2 aromatic rings. The number of aryl methyl sites for hydroxylation is 1. The highest BCUT2D eigenvalue weighted by Gasteiger charge is 2.18. The molecule has 0 fully saturated rings. The summed E-state index contributed by atoms with van der Waals surface area (Å²) in [7, 11) is 0. The molecule has 0 aliphatic heterocycles. The van der Waals surface area contributed by atoms with Gasteiger partial charge in [-0.1, -0.05) is 60.7 Å². The first-order valence-electron chi connectivity index (χ1n) is 7.53. The summed E-state index contributed by atoms with van der Waals surface area (Å²) < 4.78 is 0. The zero-order valence-corrected chi connectivity index (χ0v) is 12.6. The Labute approximate surface area is 123 Å². The van der Waals surface area contributed by atoms with E-state index in [-0.39, 0.29) is 5.54 Å². The van der Waals surface area contributed by atoms with E-state index in [4.69, 9.17) is 0 Å². The molecule has 20 heavy (non-hydrogen) atoms. The predicted molar refractivity (Wildman–Crippen MR) is 86.9 cm³/mol. The third kappa shape index (κ3) is 4.50. The molecule has 0 bridgehead atoms. The average Bonchev–Trinajstić information content (AvgIpc) is 2.49. The topological polar surface area (TPSA) is 12.0 Å². The number of hydrogen-bond donors (Lipinski definition) is 1. The van der Waals surface area contributed by atoms with Crippen LogP contribution in [0.15, 0.2) is 60.7 Å². The van der Waals surface area contributed by atoms with Crippen molar-refractivity contribution in [2.75, 3.05) is 6.54 Å². The summed E-state index contributed by atoms with van der Waals surface area (Å²) in [5.41, 5.74) is 2.84. The monoisotopic (exact) mass is 267 g/mol. The van der Waals surface area contributed by atoms with Crippen molar-refractivity contribution in [3.8, 4) is 0 Å². The maximum Gasteiger partial charge on any atom is 0.0377 e. The van der Waals surface area contributed by atoms with E-state index in [0.717, 1.165) is 6.54 Å². The minimum Gasteiger partial charge on any atom is -0.308 e. The Morgan fingerprint density at radius 3 is 2.05 bits per heavy atom. The molecule has 106 valence electrons. The third-order valence-electron chi connectivity index (χ3n) is 3.80. The van der Waals surface area contributed by atoms with Gasteiger partial charge in [-0.2, -0.15) is 0 Å². The van der Waals surface area contributed by atoms with Crippen LogP contribution < -0.4 is 5.32 Å². The Hall–Kier alpha value is -1.60. The second-order valence-corrected chi connectivity index (χ2v) is 5.86. The molecular formula is C19H25N. The van der Waals surface area contributed by atoms with Crippen LogP contribution >= 0.6 is 0 Å². The zero-order chi connectivity index (χ0) is 14.3. The molecule has 0 saturated carbocycles. The molecule has 0 unspecified atom stereocenters. The Bertz CT molecular complexity index is 488. The van der Waals surface area contributed by atoms with Crippen molar-refractivity contribution in [2.45, 2.75) is 38.6 Å². The van der Waals surface area contributed by atoms with E-state index < -0.39 is 0 Å². The molecule has 0 saturated heterocycles. The SMILES string of the molecule is CC(C)(NCCCCc1ccccc1)c1ccccc1. The van der Waals surface area contributed by atoms with E-state index in [1.165, 1.54) is 30.4 Å². The summed E-state index contributed by atoms with van der Waals surface area (Å²) in [6.45, 7) is 5.56. The second kappa shape index (κ2) is 7.25. The lowest BCUT2D eigenvalue weighted by atomic mass is 9.94. The number of hydrogen-bond acceptors (Lipinski definition) is 1. The van der Waals surface area contributed by atoms with E-state index in [1.807, 2.05) is 0 Å². The van der Waals surface area contributed by atoms with E-state index in [2.05, 4.69) is 79.8 Å². The van der Waals surface area contributed by atoms with Crippen LogP contribution in [-0.2, 0) is 12.0 Å². The van der Waals surface area contributed by atoms with Crippen molar-refractivity contribution < 1.29 is 0 Å². The molecule has 1 N–H and O–H groups in total. The van der Waals surface area contributed by atoms with Crippen LogP contribution in [0.5, 0.6) is 0 Å². The van der Waals surface area contributed by atoms with Gasteiger partial charge in [-0.25, -0.2) is 0 Å². The molecule has 2 rings (SSSR count). The molecule has 2 aromatic carbocycles. The molecule has 0 radical (unpaired) electrons. The average molecular weight is 267 g/mol. The van der Waals surface area contributed by atoms with Gasteiger partial charge in [0.1, 0.15) is 0 Å². The van der Waals surface area contributed by atoms with E-state index in [9.17, 15) is 0 Å². The normalized spacial score (nSPS) is 11.5. The van der Waals surface area contributed by atoms with Crippen LogP contribution in [0.2, 0.25) is 0 Å². The maximum absolute atomic E-state index is 3.66. The van der Waals surface area contributed by atoms with Gasteiger partial charge in [0.15, 0.2) is 0 Å². The van der Waals surface area contributed by atoms with Gasteiger partial charge in [-0.3, -0.25) is 0 Å². The lowest BCUT2D eigenvalue weighted by Gasteiger charge is -2.27. The largest absolute Gasteiger partial charge is 0.308 e.